The number of aliphatic hydroxyl groups is 1. The van der Waals surface area contributed by atoms with Crippen molar-refractivity contribution in [3.05, 3.63) is 48.9 Å². The Hall–Kier alpha value is -4.02. The zero-order valence-corrected chi connectivity index (χ0v) is 20.4. The molecule has 1 saturated heterocycles. The zero-order valence-electron chi connectivity index (χ0n) is 20.4. The van der Waals surface area contributed by atoms with Crippen LogP contribution in [-0.4, -0.2) is 79.6 Å². The zero-order chi connectivity index (χ0) is 24.6. The lowest BCUT2D eigenvalue weighted by atomic mass is 10.0. The molecule has 184 valence electrons. The second-order valence-electron chi connectivity index (χ2n) is 9.27. The third-order valence-corrected chi connectivity index (χ3v) is 6.76. The quantitative estimate of drug-likeness (QED) is 0.271. The van der Waals surface area contributed by atoms with Gasteiger partial charge in [-0.25, -0.2) is 9.97 Å². The maximum atomic E-state index is 9.95. The summed E-state index contributed by atoms with van der Waals surface area (Å²) < 4.78 is 0. The summed E-state index contributed by atoms with van der Waals surface area (Å²) in [5.41, 5.74) is 6.22. The number of aromatic nitrogens is 6. The van der Waals surface area contributed by atoms with Gasteiger partial charge in [0.25, 0.3) is 0 Å². The summed E-state index contributed by atoms with van der Waals surface area (Å²) in [5, 5.41) is 21.7. The van der Waals surface area contributed by atoms with Crippen LogP contribution in [0.2, 0.25) is 0 Å². The van der Waals surface area contributed by atoms with E-state index >= 15 is 0 Å². The number of aromatic amines is 2. The summed E-state index contributed by atoms with van der Waals surface area (Å²) in [4.78, 5) is 22.1. The molecular weight excluding hydrogens is 454 g/mol. The highest BCUT2D eigenvalue weighted by Gasteiger charge is 2.21. The van der Waals surface area contributed by atoms with E-state index in [1.807, 2.05) is 43.6 Å². The molecule has 5 aromatic rings. The lowest BCUT2D eigenvalue weighted by molar-refractivity contribution is 0.199. The van der Waals surface area contributed by atoms with Crippen LogP contribution >= 0.6 is 0 Å². The van der Waals surface area contributed by atoms with Gasteiger partial charge in [-0.3, -0.25) is 10.1 Å². The molecule has 0 amide bonds. The van der Waals surface area contributed by atoms with Crippen LogP contribution in [0.5, 0.6) is 0 Å². The van der Waals surface area contributed by atoms with E-state index in [1.165, 1.54) is 0 Å². The van der Waals surface area contributed by atoms with Gasteiger partial charge in [-0.2, -0.15) is 5.10 Å². The molecule has 1 aromatic carbocycles. The van der Waals surface area contributed by atoms with Crippen molar-refractivity contribution < 1.29 is 5.11 Å². The number of fused-ring (bicyclic) bond motifs is 2. The average molecular weight is 484 g/mol. The van der Waals surface area contributed by atoms with E-state index in [2.05, 4.69) is 53.4 Å². The number of imidazole rings is 1. The molecule has 1 aliphatic heterocycles. The fourth-order valence-corrected chi connectivity index (χ4v) is 4.63. The normalized spacial score (nSPS) is 15.6. The first-order valence-electron chi connectivity index (χ1n) is 12.3. The minimum Gasteiger partial charge on any atom is -0.374 e. The van der Waals surface area contributed by atoms with Gasteiger partial charge >= 0.3 is 0 Å². The standard InChI is InChI=1S/C26H29N9O/c1-3-22(36)29-18-12-17(14-27-15-18)16-4-5-20-19(13-16)23(33-32-20)25-30-21-6-7-28-26(24(21)31-25)35-10-8-34(2)9-11-35/h4-7,12-15,22,29,36H,3,8-11H2,1-2H3,(H,30,31)(H,32,33). The first kappa shape index (κ1) is 22.4. The minimum absolute atomic E-state index is 0.608. The van der Waals surface area contributed by atoms with Crippen molar-refractivity contribution in [1.82, 2.24) is 35.0 Å². The summed E-state index contributed by atoms with van der Waals surface area (Å²) in [6, 6.07) is 10.1. The van der Waals surface area contributed by atoms with E-state index in [4.69, 9.17) is 4.98 Å². The van der Waals surface area contributed by atoms with Crippen molar-refractivity contribution in [3.63, 3.8) is 0 Å². The SMILES string of the molecule is CCC(O)Nc1cncc(-c2ccc3[nH]nc(-c4nc5c(N6CCN(C)CC6)nccc5[nH]4)c3c2)c1. The number of aliphatic hydroxyl groups excluding tert-OH is 1. The van der Waals surface area contributed by atoms with E-state index in [-0.39, 0.29) is 0 Å². The molecule has 0 saturated carbocycles. The summed E-state index contributed by atoms with van der Waals surface area (Å²) in [6.07, 6.45) is 5.37. The first-order valence-corrected chi connectivity index (χ1v) is 12.3. The Bertz CT molecular complexity index is 1520. The predicted octanol–water partition coefficient (Wildman–Crippen LogP) is 3.46. The molecule has 0 spiro atoms. The molecule has 1 atom stereocenters. The Labute approximate surface area is 208 Å². The molecule has 0 radical (unpaired) electrons. The number of nitrogens with zero attached hydrogens (tertiary/aromatic N) is 6. The number of rotatable bonds is 6. The minimum atomic E-state index is -0.608. The molecule has 36 heavy (non-hydrogen) atoms. The predicted molar refractivity (Wildman–Crippen MR) is 142 cm³/mol. The van der Waals surface area contributed by atoms with Crippen molar-refractivity contribution in [1.29, 1.82) is 0 Å². The number of piperazine rings is 1. The van der Waals surface area contributed by atoms with Crippen molar-refractivity contribution in [2.75, 3.05) is 43.4 Å². The largest absolute Gasteiger partial charge is 0.374 e. The molecule has 6 rings (SSSR count). The van der Waals surface area contributed by atoms with Crippen LogP contribution in [0.15, 0.2) is 48.9 Å². The Morgan fingerprint density at radius 2 is 1.92 bits per heavy atom. The van der Waals surface area contributed by atoms with Crippen LogP contribution in [0.3, 0.4) is 0 Å². The van der Waals surface area contributed by atoms with Crippen molar-refractivity contribution in [2.45, 2.75) is 19.6 Å². The molecule has 0 aliphatic carbocycles. The van der Waals surface area contributed by atoms with Gasteiger partial charge in [0.05, 0.1) is 22.9 Å². The van der Waals surface area contributed by atoms with Gasteiger partial charge in [0, 0.05) is 49.5 Å². The van der Waals surface area contributed by atoms with Crippen LogP contribution in [0.1, 0.15) is 13.3 Å². The van der Waals surface area contributed by atoms with Gasteiger partial charge in [-0.15, -0.1) is 0 Å². The lowest BCUT2D eigenvalue weighted by Gasteiger charge is -2.33. The number of H-pyrrole nitrogens is 2. The van der Waals surface area contributed by atoms with E-state index in [0.717, 1.165) is 76.4 Å². The monoisotopic (exact) mass is 483 g/mol. The third kappa shape index (κ3) is 4.14. The molecule has 10 heteroatoms. The number of nitrogens with one attached hydrogen (secondary N) is 3. The number of hydrogen-bond acceptors (Lipinski definition) is 8. The van der Waals surface area contributed by atoms with Gasteiger partial charge < -0.3 is 25.2 Å². The van der Waals surface area contributed by atoms with Gasteiger partial charge in [-0.05, 0) is 43.3 Å². The second kappa shape index (κ2) is 9.21. The Balaban J connectivity index is 1.37. The van der Waals surface area contributed by atoms with Crippen LogP contribution < -0.4 is 10.2 Å². The van der Waals surface area contributed by atoms with Gasteiger partial charge in [0.1, 0.15) is 17.4 Å². The fourth-order valence-electron chi connectivity index (χ4n) is 4.63. The molecule has 1 aliphatic rings. The molecule has 4 aromatic heterocycles. The van der Waals surface area contributed by atoms with Crippen molar-refractivity contribution in [2.24, 2.45) is 0 Å². The Morgan fingerprint density at radius 1 is 1.06 bits per heavy atom. The molecule has 1 unspecified atom stereocenters. The number of likely N-dealkylation sites (N-methyl/N-ethyl adjacent to an activating group) is 1. The molecule has 4 N–H and O–H groups in total. The number of hydrogen-bond donors (Lipinski definition) is 4. The summed E-state index contributed by atoms with van der Waals surface area (Å²) in [6.45, 7) is 5.79. The van der Waals surface area contributed by atoms with Gasteiger partial charge in [-0.1, -0.05) is 13.0 Å². The third-order valence-electron chi connectivity index (χ3n) is 6.76. The highest BCUT2D eigenvalue weighted by Crippen LogP contribution is 2.32. The molecular formula is C26H29N9O. The molecule has 1 fully saturated rings. The van der Waals surface area contributed by atoms with Crippen LogP contribution in [0, 0.1) is 0 Å². The Morgan fingerprint density at radius 3 is 2.75 bits per heavy atom. The fraction of sp³-hybridized carbons (Fsp3) is 0.308. The Kier molecular flexibility index (Phi) is 5.74. The topological polar surface area (TPSA) is 122 Å². The van der Waals surface area contributed by atoms with Crippen molar-refractivity contribution >= 4 is 33.4 Å². The first-order chi connectivity index (χ1) is 17.6. The maximum Gasteiger partial charge on any atom is 0.159 e. The van der Waals surface area contributed by atoms with Crippen LogP contribution in [0.25, 0.3) is 44.6 Å². The van der Waals surface area contributed by atoms with E-state index in [1.54, 1.807) is 6.20 Å². The maximum absolute atomic E-state index is 9.95. The summed E-state index contributed by atoms with van der Waals surface area (Å²) in [5.74, 6) is 1.62. The van der Waals surface area contributed by atoms with Gasteiger partial charge in [0.2, 0.25) is 0 Å². The molecule has 5 heterocycles. The van der Waals surface area contributed by atoms with Crippen LogP contribution in [0.4, 0.5) is 11.5 Å². The van der Waals surface area contributed by atoms with E-state index in [0.29, 0.717) is 12.2 Å². The van der Waals surface area contributed by atoms with E-state index < -0.39 is 6.23 Å². The summed E-state index contributed by atoms with van der Waals surface area (Å²) >= 11 is 0. The molecule has 10 nitrogen and oxygen atoms in total. The highest BCUT2D eigenvalue weighted by atomic mass is 16.3. The molecule has 0 bridgehead atoms. The highest BCUT2D eigenvalue weighted by molar-refractivity contribution is 5.97. The number of pyridine rings is 2. The average Bonchev–Trinajstić information content (AvgIpc) is 3.53. The van der Waals surface area contributed by atoms with Gasteiger partial charge in [0.15, 0.2) is 11.6 Å². The number of benzene rings is 1. The summed E-state index contributed by atoms with van der Waals surface area (Å²) in [7, 11) is 2.15. The smallest absolute Gasteiger partial charge is 0.159 e. The van der Waals surface area contributed by atoms with Crippen LogP contribution in [-0.2, 0) is 0 Å². The van der Waals surface area contributed by atoms with E-state index in [9.17, 15) is 5.11 Å². The lowest BCUT2D eigenvalue weighted by Crippen LogP contribution is -2.44. The number of anilines is 2. The van der Waals surface area contributed by atoms with Crippen molar-refractivity contribution in [3.8, 4) is 22.6 Å². The second-order valence-corrected chi connectivity index (χ2v) is 9.27.